The quantitative estimate of drug-likeness (QED) is 0.801. The van der Waals surface area contributed by atoms with Crippen LogP contribution in [0, 0.1) is 5.82 Å². The number of nitrogens with one attached hydrogen (secondary N) is 1. The van der Waals surface area contributed by atoms with E-state index in [9.17, 15) is 9.18 Å². The van der Waals surface area contributed by atoms with Gasteiger partial charge in [-0.15, -0.1) is 0 Å². The zero-order valence-corrected chi connectivity index (χ0v) is 12.5. The molecule has 0 aliphatic carbocycles. The fraction of sp³-hybridized carbons (Fsp3) is 0. The molecule has 0 atom stereocenters. The van der Waals surface area contributed by atoms with E-state index in [0.717, 1.165) is 0 Å². The van der Waals surface area contributed by atoms with Gasteiger partial charge in [0.15, 0.2) is 0 Å². The van der Waals surface area contributed by atoms with Crippen molar-refractivity contribution >= 4 is 18.4 Å². The average molecular weight is 324 g/mol. The zero-order chi connectivity index (χ0) is 17.4. The first-order valence-corrected chi connectivity index (χ1v) is 6.80. The number of pyridine rings is 1. The fourth-order valence-corrected chi connectivity index (χ4v) is 1.92. The summed E-state index contributed by atoms with van der Waals surface area (Å²) in [6, 6.07) is 11.0. The van der Waals surface area contributed by atoms with Crippen LogP contribution < -0.4 is 5.32 Å². The van der Waals surface area contributed by atoms with Gasteiger partial charge in [0, 0.05) is 11.8 Å². The van der Waals surface area contributed by atoms with Gasteiger partial charge in [-0.2, -0.15) is 0 Å². The molecule has 3 aromatic rings. The predicted octanol–water partition coefficient (Wildman–Crippen LogP) is 2.75. The lowest BCUT2D eigenvalue weighted by atomic mass is 10.1. The van der Waals surface area contributed by atoms with Gasteiger partial charge in [-0.1, -0.05) is 12.1 Å². The van der Waals surface area contributed by atoms with Crippen molar-refractivity contribution in [2.45, 2.75) is 0 Å². The second kappa shape index (κ2) is 8.23. The van der Waals surface area contributed by atoms with E-state index in [1.807, 2.05) is 6.79 Å². The van der Waals surface area contributed by atoms with Crippen molar-refractivity contribution in [2.75, 3.05) is 5.32 Å². The number of anilines is 1. The third kappa shape index (κ3) is 4.26. The lowest BCUT2D eigenvalue weighted by Gasteiger charge is -2.05. The van der Waals surface area contributed by atoms with Crippen LogP contribution in [0.4, 0.5) is 10.1 Å². The Morgan fingerprint density at radius 3 is 2.62 bits per heavy atom. The van der Waals surface area contributed by atoms with Crippen molar-refractivity contribution < 1.29 is 14.0 Å². The van der Waals surface area contributed by atoms with Gasteiger partial charge in [0.25, 0.3) is 5.91 Å². The van der Waals surface area contributed by atoms with Gasteiger partial charge >= 0.3 is 0 Å². The molecule has 0 spiro atoms. The molecule has 2 aromatic heterocycles. The maximum Gasteiger partial charge on any atom is 0.274 e. The Morgan fingerprint density at radius 2 is 1.92 bits per heavy atom. The van der Waals surface area contributed by atoms with Gasteiger partial charge in [0.05, 0.1) is 17.6 Å². The molecule has 1 aromatic carbocycles. The van der Waals surface area contributed by atoms with Crippen LogP contribution in [-0.4, -0.2) is 27.6 Å². The topological polar surface area (TPSA) is 84.8 Å². The standard InChI is InChI=1S/C16H11FN4O.CH2O/c17-12-4-1-3-11(7-12)14-8-15(20-10-19-14)16(22)21-13-5-2-6-18-9-13;1-2/h1-10H,(H,21,22);1H2. The molecule has 0 fully saturated rings. The average Bonchev–Trinajstić information content (AvgIpc) is 2.64. The van der Waals surface area contributed by atoms with E-state index in [2.05, 4.69) is 20.3 Å². The third-order valence-electron chi connectivity index (χ3n) is 2.94. The van der Waals surface area contributed by atoms with Gasteiger partial charge in [-0.25, -0.2) is 14.4 Å². The molecule has 1 amide bonds. The number of carbonyl (C=O) groups is 2. The molecule has 0 saturated heterocycles. The van der Waals surface area contributed by atoms with Crippen molar-refractivity contribution in [1.82, 2.24) is 15.0 Å². The third-order valence-corrected chi connectivity index (χ3v) is 2.94. The summed E-state index contributed by atoms with van der Waals surface area (Å²) in [6.07, 6.45) is 4.42. The van der Waals surface area contributed by atoms with E-state index in [4.69, 9.17) is 4.79 Å². The molecule has 7 heteroatoms. The summed E-state index contributed by atoms with van der Waals surface area (Å²) in [5.74, 6) is -0.745. The van der Waals surface area contributed by atoms with Crippen LogP contribution in [0.15, 0.2) is 61.2 Å². The summed E-state index contributed by atoms with van der Waals surface area (Å²) >= 11 is 0. The van der Waals surface area contributed by atoms with Crippen molar-refractivity contribution in [3.05, 3.63) is 72.7 Å². The first-order valence-electron chi connectivity index (χ1n) is 6.80. The van der Waals surface area contributed by atoms with Gasteiger partial charge in [0.1, 0.15) is 24.6 Å². The maximum atomic E-state index is 13.3. The smallest absolute Gasteiger partial charge is 0.274 e. The second-order valence-electron chi connectivity index (χ2n) is 4.49. The van der Waals surface area contributed by atoms with Gasteiger partial charge < -0.3 is 10.1 Å². The highest BCUT2D eigenvalue weighted by atomic mass is 19.1. The lowest BCUT2D eigenvalue weighted by Crippen LogP contribution is -2.14. The molecule has 6 nitrogen and oxygen atoms in total. The molecular formula is C17H13FN4O2. The molecule has 0 aliphatic rings. The SMILES string of the molecule is C=O.O=C(Nc1cccnc1)c1cc(-c2cccc(F)c2)ncn1. The Bertz CT molecular complexity index is 828. The van der Waals surface area contributed by atoms with E-state index in [1.165, 1.54) is 30.7 Å². The predicted molar refractivity (Wildman–Crippen MR) is 86.7 cm³/mol. The summed E-state index contributed by atoms with van der Waals surface area (Å²) in [5.41, 5.74) is 1.82. The fourth-order valence-electron chi connectivity index (χ4n) is 1.92. The van der Waals surface area contributed by atoms with Crippen LogP contribution in [0.5, 0.6) is 0 Å². The molecular weight excluding hydrogens is 311 g/mol. The Labute approximate surface area is 137 Å². The number of carbonyl (C=O) groups excluding carboxylic acids is 2. The summed E-state index contributed by atoms with van der Waals surface area (Å²) in [4.78, 5) is 32.1. The van der Waals surface area contributed by atoms with E-state index < -0.39 is 0 Å². The Balaban J connectivity index is 0.00000100. The molecule has 24 heavy (non-hydrogen) atoms. The van der Waals surface area contributed by atoms with Crippen LogP contribution >= 0.6 is 0 Å². The second-order valence-corrected chi connectivity index (χ2v) is 4.49. The molecule has 3 rings (SSSR count). The number of aromatic nitrogens is 3. The molecule has 0 unspecified atom stereocenters. The van der Waals surface area contributed by atoms with Crippen LogP contribution in [0.3, 0.4) is 0 Å². The van der Waals surface area contributed by atoms with E-state index in [1.54, 1.807) is 30.5 Å². The number of rotatable bonds is 3. The number of benzene rings is 1. The normalized spacial score (nSPS) is 9.54. The summed E-state index contributed by atoms with van der Waals surface area (Å²) in [6.45, 7) is 2.00. The van der Waals surface area contributed by atoms with Crippen molar-refractivity contribution in [2.24, 2.45) is 0 Å². The minimum Gasteiger partial charge on any atom is -0.319 e. The first kappa shape index (κ1) is 16.9. The van der Waals surface area contributed by atoms with Gasteiger partial charge in [0.2, 0.25) is 0 Å². The van der Waals surface area contributed by atoms with Crippen molar-refractivity contribution in [1.29, 1.82) is 0 Å². The Kier molecular flexibility index (Phi) is 5.79. The molecule has 1 N–H and O–H groups in total. The van der Waals surface area contributed by atoms with Crippen LogP contribution in [0.2, 0.25) is 0 Å². The maximum absolute atomic E-state index is 13.3. The molecule has 0 radical (unpaired) electrons. The number of amides is 1. The molecule has 2 heterocycles. The highest BCUT2D eigenvalue weighted by molar-refractivity contribution is 6.03. The number of hydrogen-bond acceptors (Lipinski definition) is 5. The minimum absolute atomic E-state index is 0.193. The number of halogens is 1. The largest absolute Gasteiger partial charge is 0.319 e. The van der Waals surface area contributed by atoms with Crippen molar-refractivity contribution in [3.8, 4) is 11.3 Å². The molecule has 120 valence electrons. The van der Waals surface area contributed by atoms with Gasteiger partial charge in [-0.3, -0.25) is 9.78 Å². The van der Waals surface area contributed by atoms with Gasteiger partial charge in [-0.05, 0) is 30.3 Å². The summed E-state index contributed by atoms with van der Waals surface area (Å²) < 4.78 is 13.3. The van der Waals surface area contributed by atoms with E-state index >= 15 is 0 Å². The number of nitrogens with zero attached hydrogens (tertiary/aromatic N) is 3. The Morgan fingerprint density at radius 1 is 1.08 bits per heavy atom. The summed E-state index contributed by atoms with van der Waals surface area (Å²) in [7, 11) is 0. The Hall–Kier alpha value is -3.48. The van der Waals surface area contributed by atoms with Crippen LogP contribution in [0.1, 0.15) is 10.5 Å². The highest BCUT2D eigenvalue weighted by Gasteiger charge is 2.10. The molecule has 0 saturated carbocycles. The zero-order valence-electron chi connectivity index (χ0n) is 12.5. The number of hydrogen-bond donors (Lipinski definition) is 1. The first-order chi connectivity index (χ1) is 11.7. The highest BCUT2D eigenvalue weighted by Crippen LogP contribution is 2.18. The van der Waals surface area contributed by atoms with E-state index in [-0.39, 0.29) is 17.4 Å². The van der Waals surface area contributed by atoms with Crippen molar-refractivity contribution in [3.63, 3.8) is 0 Å². The van der Waals surface area contributed by atoms with Crippen LogP contribution in [0.25, 0.3) is 11.3 Å². The molecule has 0 aliphatic heterocycles. The monoisotopic (exact) mass is 324 g/mol. The lowest BCUT2D eigenvalue weighted by molar-refractivity contribution is -0.0980. The van der Waals surface area contributed by atoms with E-state index in [0.29, 0.717) is 16.9 Å². The molecule has 0 bridgehead atoms. The minimum atomic E-state index is -0.381. The van der Waals surface area contributed by atoms with Crippen LogP contribution in [-0.2, 0) is 4.79 Å². The summed E-state index contributed by atoms with van der Waals surface area (Å²) in [5, 5.41) is 2.68.